The first kappa shape index (κ1) is 22.7. The lowest BCUT2D eigenvalue weighted by Gasteiger charge is -2.19. The van der Waals surface area contributed by atoms with Gasteiger partial charge in [-0.05, 0) is 42.8 Å². The van der Waals surface area contributed by atoms with Crippen LogP contribution in [0.5, 0.6) is 17.2 Å². The molecule has 3 aromatic rings. The minimum Gasteiger partial charge on any atom is -0.495 e. The fraction of sp³-hybridized carbons (Fsp3) is 0.200. The highest BCUT2D eigenvalue weighted by molar-refractivity contribution is 5.99. The Labute approximate surface area is 186 Å². The molecule has 0 heterocycles. The molecule has 32 heavy (non-hydrogen) atoms. The number of methoxy groups -OCH3 is 3. The molecule has 0 aliphatic rings. The van der Waals surface area contributed by atoms with Crippen LogP contribution in [-0.4, -0.2) is 33.2 Å². The predicted octanol–water partition coefficient (Wildman–Crippen LogP) is 4.56. The van der Waals surface area contributed by atoms with E-state index in [4.69, 9.17) is 18.9 Å². The number of aryl methyl sites for hydroxylation is 1. The number of esters is 1. The Morgan fingerprint density at radius 1 is 0.781 bits per heavy atom. The van der Waals surface area contributed by atoms with Crippen molar-refractivity contribution in [1.82, 2.24) is 0 Å². The number of benzene rings is 3. The molecular weight excluding hydrogens is 410 g/mol. The van der Waals surface area contributed by atoms with Crippen LogP contribution in [0.15, 0.2) is 66.7 Å². The van der Waals surface area contributed by atoms with Gasteiger partial charge in [0.1, 0.15) is 5.75 Å². The first-order valence-electron chi connectivity index (χ1n) is 9.90. The summed E-state index contributed by atoms with van der Waals surface area (Å²) in [6.07, 6.45) is -1.18. The lowest BCUT2D eigenvalue weighted by Crippen LogP contribution is -2.26. The second-order valence-electron chi connectivity index (χ2n) is 6.96. The van der Waals surface area contributed by atoms with Crippen LogP contribution in [-0.2, 0) is 9.53 Å². The summed E-state index contributed by atoms with van der Waals surface area (Å²) in [5.74, 6) is 0.183. The Hall–Kier alpha value is -4.00. The summed E-state index contributed by atoms with van der Waals surface area (Å²) in [4.78, 5) is 26.1. The summed E-state index contributed by atoms with van der Waals surface area (Å²) in [6.45, 7) is 1.90. The van der Waals surface area contributed by atoms with Crippen LogP contribution in [0.3, 0.4) is 0 Å². The van der Waals surface area contributed by atoms with Crippen molar-refractivity contribution < 1.29 is 28.5 Å². The van der Waals surface area contributed by atoms with Gasteiger partial charge in [-0.3, -0.25) is 4.79 Å². The highest BCUT2D eigenvalue weighted by atomic mass is 16.5. The lowest BCUT2D eigenvalue weighted by atomic mass is 10.1. The summed E-state index contributed by atoms with van der Waals surface area (Å²) in [6, 6.07) is 18.9. The zero-order chi connectivity index (χ0) is 23.1. The molecule has 1 amide bonds. The van der Waals surface area contributed by atoms with Gasteiger partial charge in [-0.15, -0.1) is 0 Å². The Morgan fingerprint density at radius 2 is 1.44 bits per heavy atom. The minimum atomic E-state index is -1.18. The van der Waals surface area contributed by atoms with Crippen molar-refractivity contribution in [3.8, 4) is 17.2 Å². The van der Waals surface area contributed by atoms with Crippen molar-refractivity contribution in [3.05, 3.63) is 83.4 Å². The van der Waals surface area contributed by atoms with Crippen LogP contribution in [0.1, 0.15) is 27.6 Å². The zero-order valence-electron chi connectivity index (χ0n) is 18.4. The summed E-state index contributed by atoms with van der Waals surface area (Å²) in [5.41, 5.74) is 2.19. The summed E-state index contributed by atoms with van der Waals surface area (Å²) < 4.78 is 21.4. The van der Waals surface area contributed by atoms with E-state index in [-0.39, 0.29) is 5.56 Å². The molecule has 166 valence electrons. The molecule has 7 heteroatoms. The van der Waals surface area contributed by atoms with Crippen LogP contribution >= 0.6 is 0 Å². The fourth-order valence-electron chi connectivity index (χ4n) is 3.16. The molecule has 7 nitrogen and oxygen atoms in total. The van der Waals surface area contributed by atoms with E-state index in [1.807, 2.05) is 19.1 Å². The molecule has 0 aliphatic carbocycles. The number of carbonyl (C=O) groups excluding carboxylic acids is 2. The summed E-state index contributed by atoms with van der Waals surface area (Å²) in [7, 11) is 4.50. The van der Waals surface area contributed by atoms with Crippen LogP contribution < -0.4 is 19.5 Å². The molecular formula is C25H25NO6. The van der Waals surface area contributed by atoms with Gasteiger partial charge in [0.2, 0.25) is 6.10 Å². The smallest absolute Gasteiger partial charge is 0.339 e. The maximum atomic E-state index is 13.2. The normalized spacial score (nSPS) is 11.2. The molecule has 1 unspecified atom stereocenters. The largest absolute Gasteiger partial charge is 0.495 e. The van der Waals surface area contributed by atoms with Crippen molar-refractivity contribution >= 4 is 17.6 Å². The van der Waals surface area contributed by atoms with Gasteiger partial charge < -0.3 is 24.3 Å². The summed E-state index contributed by atoms with van der Waals surface area (Å²) >= 11 is 0. The van der Waals surface area contributed by atoms with E-state index in [9.17, 15) is 9.59 Å². The quantitative estimate of drug-likeness (QED) is 0.523. The Morgan fingerprint density at radius 3 is 2.09 bits per heavy atom. The maximum absolute atomic E-state index is 13.2. The monoisotopic (exact) mass is 435 g/mol. The Bertz CT molecular complexity index is 1100. The third kappa shape index (κ3) is 5.18. The van der Waals surface area contributed by atoms with Gasteiger partial charge in [0, 0.05) is 5.56 Å². The maximum Gasteiger partial charge on any atom is 0.339 e. The van der Waals surface area contributed by atoms with Crippen LogP contribution in [0.4, 0.5) is 5.69 Å². The van der Waals surface area contributed by atoms with Gasteiger partial charge in [0.25, 0.3) is 5.91 Å². The SMILES string of the molecule is COc1ccc(C)cc1NC(=O)C(OC(=O)c1ccc(OC)c(OC)c1)c1ccccc1. The van der Waals surface area contributed by atoms with E-state index in [0.29, 0.717) is 28.5 Å². The first-order chi connectivity index (χ1) is 15.5. The second-order valence-corrected chi connectivity index (χ2v) is 6.96. The molecule has 0 saturated heterocycles. The average Bonchev–Trinajstić information content (AvgIpc) is 2.82. The number of hydrogen-bond donors (Lipinski definition) is 1. The molecule has 0 fully saturated rings. The van der Waals surface area contributed by atoms with Gasteiger partial charge >= 0.3 is 5.97 Å². The predicted molar refractivity (Wildman–Crippen MR) is 121 cm³/mol. The molecule has 3 aromatic carbocycles. The number of nitrogens with one attached hydrogen (secondary N) is 1. The van der Waals surface area contributed by atoms with Crippen molar-refractivity contribution in [2.45, 2.75) is 13.0 Å². The number of ether oxygens (including phenoxy) is 4. The van der Waals surface area contributed by atoms with Gasteiger partial charge in [0.15, 0.2) is 11.5 Å². The molecule has 1 N–H and O–H groups in total. The molecule has 0 bridgehead atoms. The van der Waals surface area contributed by atoms with Gasteiger partial charge in [-0.2, -0.15) is 0 Å². The fourth-order valence-corrected chi connectivity index (χ4v) is 3.16. The third-order valence-corrected chi connectivity index (χ3v) is 4.80. The number of amides is 1. The van der Waals surface area contributed by atoms with E-state index < -0.39 is 18.0 Å². The number of hydrogen-bond acceptors (Lipinski definition) is 6. The third-order valence-electron chi connectivity index (χ3n) is 4.80. The molecule has 0 spiro atoms. The molecule has 3 rings (SSSR count). The van der Waals surface area contributed by atoms with Crippen LogP contribution in [0, 0.1) is 6.92 Å². The molecule has 0 radical (unpaired) electrons. The topological polar surface area (TPSA) is 83.1 Å². The molecule has 0 aromatic heterocycles. The van der Waals surface area contributed by atoms with Crippen molar-refractivity contribution in [2.24, 2.45) is 0 Å². The highest BCUT2D eigenvalue weighted by Crippen LogP contribution is 2.30. The first-order valence-corrected chi connectivity index (χ1v) is 9.90. The molecule has 1 atom stereocenters. The van der Waals surface area contributed by atoms with E-state index in [0.717, 1.165) is 5.56 Å². The van der Waals surface area contributed by atoms with Crippen LogP contribution in [0.25, 0.3) is 0 Å². The molecule has 0 aliphatic heterocycles. The zero-order valence-corrected chi connectivity index (χ0v) is 18.4. The van der Waals surface area contributed by atoms with E-state index >= 15 is 0 Å². The average molecular weight is 435 g/mol. The van der Waals surface area contributed by atoms with Crippen LogP contribution in [0.2, 0.25) is 0 Å². The number of anilines is 1. The summed E-state index contributed by atoms with van der Waals surface area (Å²) in [5, 5.41) is 2.81. The minimum absolute atomic E-state index is 0.226. The van der Waals surface area contributed by atoms with E-state index in [1.165, 1.54) is 27.4 Å². The standard InChI is InChI=1S/C25H25NO6/c1-16-10-12-20(29-2)19(14-16)26-24(27)23(17-8-6-5-7-9-17)32-25(28)18-11-13-21(30-3)22(15-18)31-4/h5-15,23H,1-4H3,(H,26,27). The van der Waals surface area contributed by atoms with E-state index in [2.05, 4.69) is 5.32 Å². The molecule has 0 saturated carbocycles. The van der Waals surface area contributed by atoms with Gasteiger partial charge in [-0.25, -0.2) is 4.79 Å². The van der Waals surface area contributed by atoms with Crippen molar-refractivity contribution in [1.29, 1.82) is 0 Å². The van der Waals surface area contributed by atoms with Gasteiger partial charge in [0.05, 0.1) is 32.6 Å². The Balaban J connectivity index is 1.90. The number of carbonyl (C=O) groups is 2. The van der Waals surface area contributed by atoms with Crippen molar-refractivity contribution in [2.75, 3.05) is 26.6 Å². The van der Waals surface area contributed by atoms with Crippen molar-refractivity contribution in [3.63, 3.8) is 0 Å². The second kappa shape index (κ2) is 10.3. The highest BCUT2D eigenvalue weighted by Gasteiger charge is 2.27. The van der Waals surface area contributed by atoms with Gasteiger partial charge in [-0.1, -0.05) is 36.4 Å². The lowest BCUT2D eigenvalue weighted by molar-refractivity contribution is -0.125. The number of rotatable bonds is 8. The Kier molecular flexibility index (Phi) is 7.33. The van der Waals surface area contributed by atoms with E-state index in [1.54, 1.807) is 48.5 Å².